The number of fused-ring (bicyclic) bond motifs is 4. The fraction of sp³-hybridized carbons (Fsp3) is 0.531. The molecule has 41 heavy (non-hydrogen) atoms. The van der Waals surface area contributed by atoms with E-state index in [4.69, 9.17) is 20.4 Å². The van der Waals surface area contributed by atoms with Crippen LogP contribution in [0.1, 0.15) is 55.8 Å². The van der Waals surface area contributed by atoms with Crippen LogP contribution >= 0.6 is 0 Å². The highest BCUT2D eigenvalue weighted by Gasteiger charge is 2.47. The number of halogens is 1. The van der Waals surface area contributed by atoms with E-state index >= 15 is 4.39 Å². The SMILES string of the molecule is CO[C@]1(C)C[C@H](Cn2c(-c3cc4cccnc4n3CC3CC3)nc3cc(C(=O)N4C[C@H]5CCC4C5N)cc(F)c32)C1. The van der Waals surface area contributed by atoms with Gasteiger partial charge in [0.25, 0.3) is 5.91 Å². The Morgan fingerprint density at radius 1 is 1.12 bits per heavy atom. The van der Waals surface area contributed by atoms with Crippen LogP contribution in [0.4, 0.5) is 4.39 Å². The number of piperidine rings is 1. The number of ether oxygens (including phenoxy) is 1. The van der Waals surface area contributed by atoms with E-state index in [-0.39, 0.29) is 23.6 Å². The second-order valence-corrected chi connectivity index (χ2v) is 13.2. The zero-order valence-electron chi connectivity index (χ0n) is 23.7. The maximum absolute atomic E-state index is 16.2. The number of benzene rings is 1. The number of likely N-dealkylation sites (tertiary alicyclic amines) is 1. The van der Waals surface area contributed by atoms with Gasteiger partial charge >= 0.3 is 0 Å². The molecule has 3 aromatic heterocycles. The number of pyridine rings is 1. The number of nitrogens with zero attached hydrogens (tertiary/aromatic N) is 5. The number of hydrogen-bond donors (Lipinski definition) is 1. The van der Waals surface area contributed by atoms with Crippen LogP contribution in [0.3, 0.4) is 0 Å². The van der Waals surface area contributed by atoms with E-state index in [2.05, 4.69) is 23.6 Å². The number of nitrogens with two attached hydrogens (primary N) is 1. The zero-order chi connectivity index (χ0) is 28.0. The highest BCUT2D eigenvalue weighted by Crippen LogP contribution is 2.43. The third kappa shape index (κ3) is 4.03. The van der Waals surface area contributed by atoms with Crippen LogP contribution < -0.4 is 5.73 Å². The lowest BCUT2D eigenvalue weighted by Gasteiger charge is -2.44. The lowest BCUT2D eigenvalue weighted by molar-refractivity contribution is -0.0937. The van der Waals surface area contributed by atoms with Gasteiger partial charge in [0.05, 0.1) is 16.8 Å². The highest BCUT2D eigenvalue weighted by molar-refractivity contribution is 5.98. The van der Waals surface area contributed by atoms with Crippen molar-refractivity contribution in [2.75, 3.05) is 13.7 Å². The van der Waals surface area contributed by atoms with Crippen molar-refractivity contribution in [2.24, 2.45) is 23.5 Å². The Morgan fingerprint density at radius 2 is 1.93 bits per heavy atom. The van der Waals surface area contributed by atoms with Gasteiger partial charge in [-0.2, -0.15) is 0 Å². The minimum atomic E-state index is -0.407. The second kappa shape index (κ2) is 9.10. The summed E-state index contributed by atoms with van der Waals surface area (Å²) in [6.45, 7) is 4.29. The number of rotatable bonds is 7. The first-order valence-corrected chi connectivity index (χ1v) is 15.1. The van der Waals surface area contributed by atoms with Crippen molar-refractivity contribution < 1.29 is 13.9 Å². The van der Waals surface area contributed by atoms with Gasteiger partial charge in [-0.15, -0.1) is 0 Å². The first-order chi connectivity index (χ1) is 19.8. The third-order valence-electron chi connectivity index (χ3n) is 10.4. The van der Waals surface area contributed by atoms with E-state index in [1.54, 1.807) is 13.2 Å². The fourth-order valence-electron chi connectivity index (χ4n) is 7.89. The molecule has 2 N–H and O–H groups in total. The first kappa shape index (κ1) is 25.4. The molecule has 4 aromatic rings. The topological polar surface area (TPSA) is 91.2 Å². The average Bonchev–Trinajstić information content (AvgIpc) is 3.31. The van der Waals surface area contributed by atoms with Crippen molar-refractivity contribution in [3.63, 3.8) is 0 Å². The minimum Gasteiger partial charge on any atom is -0.379 e. The predicted octanol–water partition coefficient (Wildman–Crippen LogP) is 4.98. The van der Waals surface area contributed by atoms with E-state index < -0.39 is 5.82 Å². The molecule has 9 heteroatoms. The lowest BCUT2D eigenvalue weighted by atomic mass is 9.72. The number of carbonyl (C=O) groups is 1. The molecular weight excluding hydrogens is 519 g/mol. The van der Waals surface area contributed by atoms with E-state index in [1.807, 2.05) is 21.7 Å². The number of hydrogen-bond acceptors (Lipinski definition) is 5. The maximum Gasteiger partial charge on any atom is 0.254 e. The number of amides is 1. The summed E-state index contributed by atoms with van der Waals surface area (Å²) in [4.78, 5) is 25.3. The van der Waals surface area contributed by atoms with E-state index in [1.165, 1.54) is 18.9 Å². The molecule has 1 aromatic carbocycles. The Labute approximate surface area is 238 Å². The van der Waals surface area contributed by atoms with Crippen LogP contribution in [-0.4, -0.2) is 61.2 Å². The summed E-state index contributed by atoms with van der Waals surface area (Å²) in [5, 5.41) is 1.05. The smallest absolute Gasteiger partial charge is 0.254 e. The molecule has 4 aliphatic rings. The Bertz CT molecular complexity index is 1680. The summed E-state index contributed by atoms with van der Waals surface area (Å²) in [5.74, 6) is 1.49. The minimum absolute atomic E-state index is 0.0144. The van der Waals surface area contributed by atoms with Crippen LogP contribution in [0.2, 0.25) is 0 Å². The van der Waals surface area contributed by atoms with Crippen LogP contribution in [0.15, 0.2) is 36.5 Å². The molecule has 1 saturated heterocycles. The van der Waals surface area contributed by atoms with Gasteiger partial charge in [-0.05, 0) is 93.5 Å². The fourth-order valence-corrected chi connectivity index (χ4v) is 7.89. The average molecular weight is 557 g/mol. The summed E-state index contributed by atoms with van der Waals surface area (Å²) in [5.41, 5.74) is 9.44. The molecule has 2 bridgehead atoms. The zero-order valence-corrected chi connectivity index (χ0v) is 23.7. The highest BCUT2D eigenvalue weighted by atomic mass is 19.1. The van der Waals surface area contributed by atoms with Crippen molar-refractivity contribution in [1.82, 2.24) is 24.0 Å². The van der Waals surface area contributed by atoms with Gasteiger partial charge in [0.1, 0.15) is 17.0 Å². The van der Waals surface area contributed by atoms with Gasteiger partial charge in [-0.3, -0.25) is 4.79 Å². The molecule has 0 radical (unpaired) electrons. The molecule has 3 saturated carbocycles. The Kier molecular flexibility index (Phi) is 5.64. The molecule has 4 fully saturated rings. The van der Waals surface area contributed by atoms with Crippen molar-refractivity contribution in [3.8, 4) is 11.5 Å². The summed E-state index contributed by atoms with van der Waals surface area (Å²) >= 11 is 0. The second-order valence-electron chi connectivity index (χ2n) is 13.2. The largest absolute Gasteiger partial charge is 0.379 e. The van der Waals surface area contributed by atoms with E-state index in [0.29, 0.717) is 47.4 Å². The summed E-state index contributed by atoms with van der Waals surface area (Å²) in [6, 6.07) is 9.40. The number of imidazole rings is 1. The normalized spacial score (nSPS) is 29.1. The van der Waals surface area contributed by atoms with Gasteiger partial charge in [0.2, 0.25) is 0 Å². The third-order valence-corrected chi connectivity index (χ3v) is 10.4. The number of aromatic nitrogens is 4. The van der Waals surface area contributed by atoms with Gasteiger partial charge in [0.15, 0.2) is 5.82 Å². The first-order valence-electron chi connectivity index (χ1n) is 15.1. The van der Waals surface area contributed by atoms with Crippen molar-refractivity contribution in [2.45, 2.75) is 76.2 Å². The molecule has 214 valence electrons. The van der Waals surface area contributed by atoms with Crippen LogP contribution in [0, 0.1) is 23.6 Å². The van der Waals surface area contributed by atoms with Gasteiger partial charge in [0, 0.05) is 56.0 Å². The molecule has 8 nitrogen and oxygen atoms in total. The molecule has 3 aliphatic carbocycles. The lowest BCUT2D eigenvalue weighted by Crippen LogP contribution is -2.44. The quantitative estimate of drug-likeness (QED) is 0.347. The molecule has 4 heterocycles. The molecule has 2 unspecified atom stereocenters. The maximum atomic E-state index is 16.2. The van der Waals surface area contributed by atoms with Gasteiger partial charge in [-0.1, -0.05) is 0 Å². The van der Waals surface area contributed by atoms with Crippen molar-refractivity contribution >= 4 is 28.0 Å². The predicted molar refractivity (Wildman–Crippen MR) is 155 cm³/mol. The molecule has 0 spiro atoms. The Balaban J connectivity index is 1.25. The Hall–Kier alpha value is -3.30. The molecule has 3 atom stereocenters. The monoisotopic (exact) mass is 556 g/mol. The Morgan fingerprint density at radius 3 is 2.63 bits per heavy atom. The molecule has 8 rings (SSSR count). The summed E-state index contributed by atoms with van der Waals surface area (Å²) in [7, 11) is 1.76. The van der Waals surface area contributed by atoms with E-state index in [0.717, 1.165) is 54.8 Å². The summed E-state index contributed by atoms with van der Waals surface area (Å²) in [6.07, 6.45) is 8.04. The van der Waals surface area contributed by atoms with Crippen LogP contribution in [0.5, 0.6) is 0 Å². The molecule has 1 amide bonds. The standard InChI is InChI=1S/C32H37FN6O2/c1-32(41-2)13-19(14-32)16-39-28-23(33)10-22(31(40)38-17-21-7-8-25(38)27(21)34)11-24(28)36-30(39)26-12-20-4-3-9-35-29(20)37(26)15-18-5-6-18/h3-4,9-12,18-19,21,25,27H,5-8,13-17,34H2,1-2H3/t19-,21-,25?,27?,32+/m1/s1. The number of methoxy groups -OCH3 is 1. The van der Waals surface area contributed by atoms with Crippen molar-refractivity contribution in [1.29, 1.82) is 0 Å². The molecule has 1 aliphatic heterocycles. The molecular formula is C32H37FN6O2. The van der Waals surface area contributed by atoms with Crippen LogP contribution in [0.25, 0.3) is 33.6 Å². The summed E-state index contributed by atoms with van der Waals surface area (Å²) < 4.78 is 26.2. The van der Waals surface area contributed by atoms with E-state index in [9.17, 15) is 4.79 Å². The van der Waals surface area contributed by atoms with Gasteiger partial charge < -0.3 is 24.5 Å². The van der Waals surface area contributed by atoms with Crippen molar-refractivity contribution in [3.05, 3.63) is 47.9 Å². The number of carbonyl (C=O) groups excluding carboxylic acids is 1. The van der Waals surface area contributed by atoms with Crippen LogP contribution in [-0.2, 0) is 17.8 Å². The van der Waals surface area contributed by atoms with Gasteiger partial charge in [-0.25, -0.2) is 14.4 Å².